The van der Waals surface area contributed by atoms with Gasteiger partial charge in [0.1, 0.15) is 0 Å². The molecule has 2 amide bonds. The van der Waals surface area contributed by atoms with Gasteiger partial charge in [0.2, 0.25) is 11.8 Å². The fraction of sp³-hybridized carbons (Fsp3) is 0.385. The lowest BCUT2D eigenvalue weighted by Crippen LogP contribution is -2.40. The molecule has 0 radical (unpaired) electrons. The monoisotopic (exact) mass is 285 g/mol. The minimum absolute atomic E-state index is 0. The van der Waals surface area contributed by atoms with Crippen molar-refractivity contribution in [1.82, 2.24) is 9.80 Å². The topological polar surface area (TPSA) is 52.7 Å². The molecule has 0 heterocycles. The molecule has 1 rings (SSSR count). The van der Waals surface area contributed by atoms with Gasteiger partial charge in [-0.05, 0) is 12.1 Å². The molecule has 1 aromatic rings. The van der Waals surface area contributed by atoms with Crippen LogP contribution in [-0.2, 0) is 9.59 Å². The summed E-state index contributed by atoms with van der Waals surface area (Å²) in [5.74, 6) is -0.209. The Morgan fingerprint density at radius 3 is 2.16 bits per heavy atom. The van der Waals surface area contributed by atoms with E-state index in [1.165, 1.54) is 9.80 Å². The van der Waals surface area contributed by atoms with Crippen molar-refractivity contribution < 1.29 is 9.59 Å². The molecule has 1 N–H and O–H groups in total. The fourth-order valence-electron chi connectivity index (χ4n) is 1.30. The average Bonchev–Trinajstić information content (AvgIpc) is 2.36. The van der Waals surface area contributed by atoms with Gasteiger partial charge >= 0.3 is 0 Å². The van der Waals surface area contributed by atoms with E-state index in [9.17, 15) is 9.59 Å². The molecule has 106 valence electrons. The third-order valence-corrected chi connectivity index (χ3v) is 2.51. The SMILES string of the molecule is CN(C)C(=O)CN(C)C(=O)CNc1ccccc1.Cl. The van der Waals surface area contributed by atoms with E-state index in [1.54, 1.807) is 21.1 Å². The Labute approximate surface area is 120 Å². The number of hydrogen-bond donors (Lipinski definition) is 1. The number of rotatable bonds is 5. The lowest BCUT2D eigenvalue weighted by atomic mass is 10.3. The maximum Gasteiger partial charge on any atom is 0.242 e. The first-order valence-electron chi connectivity index (χ1n) is 5.73. The summed E-state index contributed by atoms with van der Waals surface area (Å²) in [5.41, 5.74) is 0.887. The van der Waals surface area contributed by atoms with Gasteiger partial charge in [0.15, 0.2) is 0 Å². The number of nitrogens with one attached hydrogen (secondary N) is 1. The number of benzene rings is 1. The van der Waals surface area contributed by atoms with Crippen molar-refractivity contribution in [2.24, 2.45) is 0 Å². The van der Waals surface area contributed by atoms with Crippen molar-refractivity contribution in [3.8, 4) is 0 Å². The van der Waals surface area contributed by atoms with E-state index in [2.05, 4.69) is 5.32 Å². The van der Waals surface area contributed by atoms with Gasteiger partial charge in [-0.1, -0.05) is 18.2 Å². The van der Waals surface area contributed by atoms with Crippen LogP contribution in [0.2, 0.25) is 0 Å². The highest BCUT2D eigenvalue weighted by atomic mass is 35.5. The van der Waals surface area contributed by atoms with Gasteiger partial charge in [-0.3, -0.25) is 9.59 Å². The molecule has 1 aromatic carbocycles. The fourth-order valence-corrected chi connectivity index (χ4v) is 1.30. The van der Waals surface area contributed by atoms with E-state index in [4.69, 9.17) is 0 Å². The highest BCUT2D eigenvalue weighted by Crippen LogP contribution is 2.04. The molecular formula is C13H20ClN3O2. The summed E-state index contributed by atoms with van der Waals surface area (Å²) in [6, 6.07) is 9.48. The zero-order valence-electron chi connectivity index (χ0n) is 11.4. The molecule has 0 aliphatic heterocycles. The number of likely N-dealkylation sites (N-methyl/N-ethyl adjacent to an activating group) is 2. The van der Waals surface area contributed by atoms with Gasteiger partial charge in [-0.2, -0.15) is 0 Å². The summed E-state index contributed by atoms with van der Waals surface area (Å²) in [5, 5.41) is 3.01. The van der Waals surface area contributed by atoms with Crippen LogP contribution in [0.15, 0.2) is 30.3 Å². The average molecular weight is 286 g/mol. The Morgan fingerprint density at radius 1 is 1.05 bits per heavy atom. The highest BCUT2D eigenvalue weighted by Gasteiger charge is 2.13. The summed E-state index contributed by atoms with van der Waals surface area (Å²) >= 11 is 0. The number of halogens is 1. The second kappa shape index (κ2) is 8.37. The molecule has 6 heteroatoms. The van der Waals surface area contributed by atoms with Crippen LogP contribution >= 0.6 is 12.4 Å². The highest BCUT2D eigenvalue weighted by molar-refractivity contribution is 5.86. The summed E-state index contributed by atoms with van der Waals surface area (Å²) in [6.07, 6.45) is 0. The lowest BCUT2D eigenvalue weighted by molar-refractivity contribution is -0.137. The van der Waals surface area contributed by atoms with E-state index >= 15 is 0 Å². The first kappa shape index (κ1) is 17.2. The van der Waals surface area contributed by atoms with E-state index < -0.39 is 0 Å². The van der Waals surface area contributed by atoms with Crippen LogP contribution in [0.25, 0.3) is 0 Å². The predicted octanol–water partition coefficient (Wildman–Crippen LogP) is 1.07. The molecule has 0 atom stereocenters. The molecule has 0 unspecified atom stereocenters. The second-order valence-corrected chi connectivity index (χ2v) is 4.26. The van der Waals surface area contributed by atoms with Gasteiger partial charge in [0.25, 0.3) is 0 Å². The standard InChI is InChI=1S/C13H19N3O2.ClH/c1-15(2)13(18)10-16(3)12(17)9-14-11-7-5-4-6-8-11;/h4-8,14H,9-10H2,1-3H3;1H. The summed E-state index contributed by atoms with van der Waals surface area (Å²) < 4.78 is 0. The molecule has 0 saturated carbocycles. The van der Waals surface area contributed by atoms with E-state index in [0.29, 0.717) is 0 Å². The van der Waals surface area contributed by atoms with E-state index in [-0.39, 0.29) is 37.3 Å². The largest absolute Gasteiger partial charge is 0.376 e. The number of anilines is 1. The molecule has 0 aromatic heterocycles. The molecule has 0 saturated heterocycles. The number of amides is 2. The molecule has 19 heavy (non-hydrogen) atoms. The number of carbonyl (C=O) groups excluding carboxylic acids is 2. The molecule has 0 aliphatic rings. The molecule has 5 nitrogen and oxygen atoms in total. The minimum atomic E-state index is -0.117. The van der Waals surface area contributed by atoms with Crippen LogP contribution in [0.4, 0.5) is 5.69 Å². The van der Waals surface area contributed by atoms with Crippen LogP contribution in [0.3, 0.4) is 0 Å². The Kier molecular flexibility index (Phi) is 7.60. The summed E-state index contributed by atoms with van der Waals surface area (Å²) in [7, 11) is 4.96. The van der Waals surface area contributed by atoms with Crippen molar-refractivity contribution >= 4 is 29.9 Å². The van der Waals surface area contributed by atoms with Crippen LogP contribution < -0.4 is 5.32 Å². The van der Waals surface area contributed by atoms with Crippen molar-refractivity contribution in [1.29, 1.82) is 0 Å². The molecule has 0 spiro atoms. The maximum absolute atomic E-state index is 11.8. The Bertz CT molecular complexity index is 410. The normalized spacial score (nSPS) is 9.21. The number of carbonyl (C=O) groups is 2. The van der Waals surface area contributed by atoms with Crippen molar-refractivity contribution in [2.45, 2.75) is 0 Å². The number of para-hydroxylation sites is 1. The van der Waals surface area contributed by atoms with Crippen LogP contribution in [0.1, 0.15) is 0 Å². The third kappa shape index (κ3) is 6.10. The Morgan fingerprint density at radius 2 is 1.63 bits per heavy atom. The predicted molar refractivity (Wildman–Crippen MR) is 78.5 cm³/mol. The van der Waals surface area contributed by atoms with Crippen molar-refractivity contribution in [2.75, 3.05) is 39.5 Å². The molecular weight excluding hydrogens is 266 g/mol. The minimum Gasteiger partial charge on any atom is -0.376 e. The third-order valence-electron chi connectivity index (χ3n) is 2.51. The van der Waals surface area contributed by atoms with Gasteiger partial charge in [-0.15, -0.1) is 12.4 Å². The smallest absolute Gasteiger partial charge is 0.242 e. The molecule has 0 bridgehead atoms. The van der Waals surface area contributed by atoms with E-state index in [1.807, 2.05) is 30.3 Å². The number of nitrogens with zero attached hydrogens (tertiary/aromatic N) is 2. The van der Waals surface area contributed by atoms with Crippen LogP contribution in [0.5, 0.6) is 0 Å². The molecule has 0 aliphatic carbocycles. The van der Waals surface area contributed by atoms with Gasteiger partial charge in [0, 0.05) is 26.8 Å². The molecule has 0 fully saturated rings. The lowest BCUT2D eigenvalue weighted by Gasteiger charge is -2.19. The Balaban J connectivity index is 0.00000324. The summed E-state index contributed by atoms with van der Waals surface area (Å²) in [4.78, 5) is 26.1. The van der Waals surface area contributed by atoms with Crippen LogP contribution in [0, 0.1) is 0 Å². The van der Waals surface area contributed by atoms with Gasteiger partial charge in [0.05, 0.1) is 13.1 Å². The van der Waals surface area contributed by atoms with Crippen molar-refractivity contribution in [3.63, 3.8) is 0 Å². The van der Waals surface area contributed by atoms with Crippen LogP contribution in [-0.4, -0.2) is 55.8 Å². The van der Waals surface area contributed by atoms with E-state index in [0.717, 1.165) is 5.69 Å². The zero-order valence-corrected chi connectivity index (χ0v) is 12.2. The first-order chi connectivity index (χ1) is 8.50. The van der Waals surface area contributed by atoms with Gasteiger partial charge in [-0.25, -0.2) is 0 Å². The number of hydrogen-bond acceptors (Lipinski definition) is 3. The van der Waals surface area contributed by atoms with Gasteiger partial charge < -0.3 is 15.1 Å². The second-order valence-electron chi connectivity index (χ2n) is 4.26. The quantitative estimate of drug-likeness (QED) is 0.880. The summed E-state index contributed by atoms with van der Waals surface area (Å²) in [6.45, 7) is 0.281. The first-order valence-corrected chi connectivity index (χ1v) is 5.73. The maximum atomic E-state index is 11.8. The Hall–Kier alpha value is -1.75. The zero-order chi connectivity index (χ0) is 13.5. The van der Waals surface area contributed by atoms with Crippen molar-refractivity contribution in [3.05, 3.63) is 30.3 Å².